The maximum Gasteiger partial charge on any atom is 0.316 e. The zero-order valence-corrected chi connectivity index (χ0v) is 16.2. The van der Waals surface area contributed by atoms with Crippen molar-refractivity contribution in [3.8, 4) is 5.75 Å². The van der Waals surface area contributed by atoms with Gasteiger partial charge in [0.15, 0.2) is 22.5 Å². The minimum Gasteiger partial charge on any atom is -0.481 e. The van der Waals surface area contributed by atoms with Gasteiger partial charge in [-0.25, -0.2) is 4.39 Å². The standard InChI is InChI=1S/C14H13BrFN3O4S2/c1-2-22-12(21)7-24-14-19-18-13(25-14)17-11(20)6-23-10-4-3-8(15)5-9(10)16/h3-5H,2,6-7H2,1H3,(H,17,18,20). The summed E-state index contributed by atoms with van der Waals surface area (Å²) >= 11 is 5.41. The number of ether oxygens (including phenoxy) is 2. The summed E-state index contributed by atoms with van der Waals surface area (Å²) in [4.78, 5) is 23.1. The lowest BCUT2D eigenvalue weighted by molar-refractivity contribution is -0.139. The average molecular weight is 450 g/mol. The summed E-state index contributed by atoms with van der Waals surface area (Å²) in [5.41, 5.74) is 0. The molecule has 0 atom stereocenters. The second kappa shape index (κ2) is 9.68. The van der Waals surface area contributed by atoms with Crippen LogP contribution in [0.2, 0.25) is 0 Å². The van der Waals surface area contributed by atoms with Crippen LogP contribution in [0.1, 0.15) is 6.92 Å². The van der Waals surface area contributed by atoms with E-state index in [1.54, 1.807) is 13.0 Å². The highest BCUT2D eigenvalue weighted by Crippen LogP contribution is 2.25. The smallest absolute Gasteiger partial charge is 0.316 e. The van der Waals surface area contributed by atoms with Crippen molar-refractivity contribution in [2.24, 2.45) is 0 Å². The van der Waals surface area contributed by atoms with Gasteiger partial charge in [0.1, 0.15) is 0 Å². The second-order valence-corrected chi connectivity index (χ2v) is 7.49. The topological polar surface area (TPSA) is 90.4 Å². The molecule has 2 aromatic rings. The van der Waals surface area contributed by atoms with Crippen LogP contribution in [0.5, 0.6) is 5.75 Å². The maximum atomic E-state index is 13.6. The number of anilines is 1. The Labute approximate surface area is 159 Å². The molecule has 0 spiro atoms. The molecule has 0 fully saturated rings. The average Bonchev–Trinajstić information content (AvgIpc) is 3.00. The molecule has 2 rings (SSSR count). The molecule has 0 radical (unpaired) electrons. The molecule has 0 saturated carbocycles. The van der Waals surface area contributed by atoms with Gasteiger partial charge in [-0.1, -0.05) is 39.0 Å². The van der Waals surface area contributed by atoms with E-state index in [-0.39, 0.29) is 29.2 Å². The van der Waals surface area contributed by atoms with E-state index in [0.717, 1.165) is 23.1 Å². The van der Waals surface area contributed by atoms with Gasteiger partial charge in [-0.2, -0.15) is 0 Å². The Kier molecular flexibility index (Phi) is 7.59. The number of amides is 1. The summed E-state index contributed by atoms with van der Waals surface area (Å²) in [6.45, 7) is 1.67. The predicted octanol–water partition coefficient (Wildman–Crippen LogP) is 3.11. The van der Waals surface area contributed by atoms with Crippen molar-refractivity contribution in [1.82, 2.24) is 10.2 Å². The van der Waals surface area contributed by atoms with Crippen LogP contribution in [0, 0.1) is 5.82 Å². The Balaban J connectivity index is 1.79. The summed E-state index contributed by atoms with van der Waals surface area (Å²) in [6.07, 6.45) is 0. The second-order valence-electron chi connectivity index (χ2n) is 4.38. The fourth-order valence-corrected chi connectivity index (χ4v) is 3.43. The molecule has 1 aromatic carbocycles. The molecule has 0 aliphatic carbocycles. The number of hydrogen-bond acceptors (Lipinski definition) is 8. The minimum absolute atomic E-state index is 0.0266. The van der Waals surface area contributed by atoms with Crippen LogP contribution in [0.4, 0.5) is 9.52 Å². The summed E-state index contributed by atoms with van der Waals surface area (Å²) < 4.78 is 24.6. The highest BCUT2D eigenvalue weighted by atomic mass is 79.9. The number of halogens is 2. The lowest BCUT2D eigenvalue weighted by Gasteiger charge is -2.06. The number of nitrogens with zero attached hydrogens (tertiary/aromatic N) is 2. The molecule has 0 saturated heterocycles. The predicted molar refractivity (Wildman–Crippen MR) is 95.5 cm³/mol. The van der Waals surface area contributed by atoms with Crippen molar-refractivity contribution in [3.63, 3.8) is 0 Å². The molecule has 0 aliphatic rings. The summed E-state index contributed by atoms with van der Waals surface area (Å²) in [5, 5.41) is 10.4. The fraction of sp³-hybridized carbons (Fsp3) is 0.286. The van der Waals surface area contributed by atoms with Crippen molar-refractivity contribution in [3.05, 3.63) is 28.5 Å². The normalized spacial score (nSPS) is 10.4. The van der Waals surface area contributed by atoms with E-state index in [0.29, 0.717) is 15.4 Å². The van der Waals surface area contributed by atoms with Gasteiger partial charge in [-0.3, -0.25) is 14.9 Å². The fourth-order valence-electron chi connectivity index (χ4n) is 1.53. The van der Waals surface area contributed by atoms with E-state index in [1.807, 2.05) is 0 Å². The highest BCUT2D eigenvalue weighted by Gasteiger charge is 2.12. The molecule has 11 heteroatoms. The Bertz CT molecular complexity index is 759. The molecule has 1 N–H and O–H groups in total. The van der Waals surface area contributed by atoms with Crippen LogP contribution in [0.15, 0.2) is 27.0 Å². The van der Waals surface area contributed by atoms with E-state index in [2.05, 4.69) is 31.4 Å². The van der Waals surface area contributed by atoms with Gasteiger partial charge < -0.3 is 9.47 Å². The van der Waals surface area contributed by atoms with Crippen LogP contribution in [0.25, 0.3) is 0 Å². The molecule has 25 heavy (non-hydrogen) atoms. The number of nitrogens with one attached hydrogen (secondary N) is 1. The van der Waals surface area contributed by atoms with Gasteiger partial charge in [0, 0.05) is 4.47 Å². The van der Waals surface area contributed by atoms with Gasteiger partial charge in [0.05, 0.1) is 12.4 Å². The van der Waals surface area contributed by atoms with Crippen molar-refractivity contribution < 1.29 is 23.5 Å². The van der Waals surface area contributed by atoms with Gasteiger partial charge >= 0.3 is 5.97 Å². The lowest BCUT2D eigenvalue weighted by atomic mass is 10.3. The SMILES string of the molecule is CCOC(=O)CSc1nnc(NC(=O)COc2ccc(Br)cc2F)s1. The van der Waals surface area contributed by atoms with Gasteiger partial charge in [0.25, 0.3) is 5.91 Å². The molecule has 7 nitrogen and oxygen atoms in total. The largest absolute Gasteiger partial charge is 0.481 e. The first-order valence-corrected chi connectivity index (χ1v) is 9.57. The molecule has 1 amide bonds. The first-order chi connectivity index (χ1) is 12.0. The maximum absolute atomic E-state index is 13.6. The quantitative estimate of drug-likeness (QED) is 0.376. The van der Waals surface area contributed by atoms with E-state index < -0.39 is 11.7 Å². The molecule has 0 aliphatic heterocycles. The molecule has 1 aromatic heterocycles. The van der Waals surface area contributed by atoms with Crippen molar-refractivity contribution in [2.75, 3.05) is 24.3 Å². The van der Waals surface area contributed by atoms with Crippen molar-refractivity contribution in [2.45, 2.75) is 11.3 Å². The molecule has 0 bridgehead atoms. The Morgan fingerprint density at radius 3 is 2.92 bits per heavy atom. The highest BCUT2D eigenvalue weighted by molar-refractivity contribution is 9.10. The number of carbonyl (C=O) groups is 2. The number of carbonyl (C=O) groups excluding carboxylic acids is 2. The zero-order chi connectivity index (χ0) is 18.2. The van der Waals surface area contributed by atoms with Crippen LogP contribution in [0.3, 0.4) is 0 Å². The van der Waals surface area contributed by atoms with Crippen LogP contribution in [-0.2, 0) is 14.3 Å². The van der Waals surface area contributed by atoms with Gasteiger partial charge in [0.2, 0.25) is 5.13 Å². The third-order valence-electron chi connectivity index (χ3n) is 2.52. The number of rotatable bonds is 8. The van der Waals surface area contributed by atoms with Crippen LogP contribution >= 0.6 is 39.0 Å². The Morgan fingerprint density at radius 1 is 1.40 bits per heavy atom. The Hall–Kier alpha value is -1.72. The van der Waals surface area contributed by atoms with Crippen LogP contribution < -0.4 is 10.1 Å². The van der Waals surface area contributed by atoms with Gasteiger partial charge in [-0.15, -0.1) is 10.2 Å². The van der Waals surface area contributed by atoms with Crippen molar-refractivity contribution >= 4 is 56.0 Å². The number of benzene rings is 1. The summed E-state index contributed by atoms with van der Waals surface area (Å²) in [7, 11) is 0. The molecule has 0 unspecified atom stereocenters. The number of hydrogen-bond donors (Lipinski definition) is 1. The number of esters is 1. The van der Waals surface area contributed by atoms with Crippen LogP contribution in [-0.4, -0.2) is 41.0 Å². The van der Waals surface area contributed by atoms with E-state index in [9.17, 15) is 14.0 Å². The molecular formula is C14H13BrFN3O4S2. The third kappa shape index (κ3) is 6.59. The molecular weight excluding hydrogens is 437 g/mol. The third-order valence-corrected chi connectivity index (χ3v) is 4.96. The Morgan fingerprint density at radius 2 is 2.20 bits per heavy atom. The van der Waals surface area contributed by atoms with E-state index >= 15 is 0 Å². The monoisotopic (exact) mass is 449 g/mol. The van der Waals surface area contributed by atoms with Gasteiger partial charge in [-0.05, 0) is 25.1 Å². The zero-order valence-electron chi connectivity index (χ0n) is 13.0. The molecule has 1 heterocycles. The minimum atomic E-state index is -0.573. The van der Waals surface area contributed by atoms with E-state index in [1.165, 1.54) is 12.1 Å². The number of thioether (sulfide) groups is 1. The first-order valence-electron chi connectivity index (χ1n) is 6.97. The van der Waals surface area contributed by atoms with Crippen molar-refractivity contribution in [1.29, 1.82) is 0 Å². The number of aromatic nitrogens is 2. The summed E-state index contributed by atoms with van der Waals surface area (Å²) in [5.74, 6) is -1.33. The first kappa shape index (κ1) is 19.6. The van der Waals surface area contributed by atoms with E-state index in [4.69, 9.17) is 9.47 Å². The molecule has 134 valence electrons. The lowest BCUT2D eigenvalue weighted by Crippen LogP contribution is -2.20. The summed E-state index contributed by atoms with van der Waals surface area (Å²) in [6, 6.07) is 4.26.